The van der Waals surface area contributed by atoms with E-state index in [1.165, 1.54) is 25.9 Å². The topological polar surface area (TPSA) is 15.3 Å². The molecule has 0 saturated carbocycles. The fourth-order valence-corrected chi connectivity index (χ4v) is 1.50. The van der Waals surface area contributed by atoms with Gasteiger partial charge < -0.3 is 10.2 Å². The van der Waals surface area contributed by atoms with Crippen molar-refractivity contribution < 1.29 is 0 Å². The Balaban J connectivity index is 1.98. The Morgan fingerprint density at radius 3 is 2.75 bits per heavy atom. The summed E-state index contributed by atoms with van der Waals surface area (Å²) in [7, 11) is 0. The number of hydrogen-bond acceptors (Lipinski definition) is 2. The summed E-state index contributed by atoms with van der Waals surface area (Å²) in [5.74, 6) is 2.66. The second-order valence-corrected chi connectivity index (χ2v) is 3.39. The van der Waals surface area contributed by atoms with Crippen molar-refractivity contribution >= 4 is 0 Å². The molecule has 12 heavy (non-hydrogen) atoms. The van der Waals surface area contributed by atoms with Crippen LogP contribution in [0.3, 0.4) is 0 Å². The summed E-state index contributed by atoms with van der Waals surface area (Å²) in [6, 6.07) is 0.215. The highest BCUT2D eigenvalue weighted by Crippen LogP contribution is 2.05. The van der Waals surface area contributed by atoms with E-state index in [-0.39, 0.29) is 6.04 Å². The lowest BCUT2D eigenvalue weighted by Gasteiger charge is -2.15. The molecular formula is C10H18N2. The molecule has 2 heteroatoms. The number of terminal acetylenes is 1. The van der Waals surface area contributed by atoms with Crippen molar-refractivity contribution in [3.05, 3.63) is 0 Å². The molecule has 1 N–H and O–H groups in total. The maximum absolute atomic E-state index is 5.24. The largest absolute Gasteiger partial charge is 0.303 e. The molecule has 0 aromatic carbocycles. The van der Waals surface area contributed by atoms with Crippen LogP contribution in [0.15, 0.2) is 0 Å². The molecule has 0 amide bonds. The average Bonchev–Trinajstić information content (AvgIpc) is 2.57. The molecule has 0 bridgehead atoms. The highest BCUT2D eigenvalue weighted by molar-refractivity contribution is 4.95. The molecule has 1 aliphatic rings. The van der Waals surface area contributed by atoms with Crippen molar-refractivity contribution in [3.8, 4) is 12.3 Å². The summed E-state index contributed by atoms with van der Waals surface area (Å²) in [5, 5.41) is 3.28. The molecule has 0 aromatic heterocycles. The Kier molecular flexibility index (Phi) is 4.13. The fraction of sp³-hybridized carbons (Fsp3) is 0.800. The molecule has 1 rings (SSSR count). The third kappa shape index (κ3) is 3.25. The molecule has 1 fully saturated rings. The van der Waals surface area contributed by atoms with Gasteiger partial charge in [-0.15, -0.1) is 6.42 Å². The van der Waals surface area contributed by atoms with Crippen molar-refractivity contribution in [2.45, 2.75) is 25.8 Å². The molecule has 0 aromatic rings. The standard InChI is InChI=1S/C10H18N2/c1-3-10(2)11-6-9-12-7-4-5-8-12/h1,10-11H,4-9H2,2H3. The Morgan fingerprint density at radius 2 is 2.17 bits per heavy atom. The van der Waals surface area contributed by atoms with Crippen molar-refractivity contribution in [2.24, 2.45) is 0 Å². The van der Waals surface area contributed by atoms with E-state index in [9.17, 15) is 0 Å². The average molecular weight is 166 g/mol. The lowest BCUT2D eigenvalue weighted by Crippen LogP contribution is -2.33. The van der Waals surface area contributed by atoms with Gasteiger partial charge in [0.05, 0.1) is 6.04 Å². The van der Waals surface area contributed by atoms with Crippen LogP contribution in [0.4, 0.5) is 0 Å². The van der Waals surface area contributed by atoms with Crippen LogP contribution in [0.5, 0.6) is 0 Å². The van der Waals surface area contributed by atoms with Gasteiger partial charge in [0.25, 0.3) is 0 Å². The number of nitrogens with zero attached hydrogens (tertiary/aromatic N) is 1. The molecule has 68 valence electrons. The first kappa shape index (κ1) is 9.57. The zero-order valence-corrected chi connectivity index (χ0v) is 7.84. The second-order valence-electron chi connectivity index (χ2n) is 3.39. The Labute approximate surface area is 75.3 Å². The van der Waals surface area contributed by atoms with Gasteiger partial charge in [-0.2, -0.15) is 0 Å². The van der Waals surface area contributed by atoms with Crippen LogP contribution in [0.1, 0.15) is 19.8 Å². The van der Waals surface area contributed by atoms with Gasteiger partial charge in [0.1, 0.15) is 0 Å². The maximum atomic E-state index is 5.24. The van der Waals surface area contributed by atoms with Gasteiger partial charge in [-0.25, -0.2) is 0 Å². The molecule has 1 unspecified atom stereocenters. The van der Waals surface area contributed by atoms with E-state index in [1.54, 1.807) is 0 Å². The Hall–Kier alpha value is -0.520. The number of hydrogen-bond donors (Lipinski definition) is 1. The van der Waals surface area contributed by atoms with Crippen molar-refractivity contribution in [2.75, 3.05) is 26.2 Å². The van der Waals surface area contributed by atoms with Crippen LogP contribution < -0.4 is 5.32 Å². The van der Waals surface area contributed by atoms with Gasteiger partial charge in [-0.3, -0.25) is 0 Å². The molecule has 1 atom stereocenters. The summed E-state index contributed by atoms with van der Waals surface area (Å²) in [6.07, 6.45) is 7.97. The quantitative estimate of drug-likeness (QED) is 0.618. The molecule has 1 saturated heterocycles. The summed E-state index contributed by atoms with van der Waals surface area (Å²) in [4.78, 5) is 2.48. The first-order valence-corrected chi connectivity index (χ1v) is 4.75. The molecule has 1 heterocycles. The van der Waals surface area contributed by atoms with Crippen LogP contribution in [0.2, 0.25) is 0 Å². The monoisotopic (exact) mass is 166 g/mol. The number of likely N-dealkylation sites (tertiary alicyclic amines) is 1. The van der Waals surface area contributed by atoms with Crippen LogP contribution in [-0.2, 0) is 0 Å². The van der Waals surface area contributed by atoms with Crippen LogP contribution in [0, 0.1) is 12.3 Å². The minimum atomic E-state index is 0.215. The van der Waals surface area contributed by atoms with Crippen molar-refractivity contribution in [1.29, 1.82) is 0 Å². The van der Waals surface area contributed by atoms with Crippen LogP contribution >= 0.6 is 0 Å². The molecule has 0 radical (unpaired) electrons. The van der Waals surface area contributed by atoms with E-state index < -0.39 is 0 Å². The third-order valence-electron chi connectivity index (χ3n) is 2.33. The minimum Gasteiger partial charge on any atom is -0.303 e. The SMILES string of the molecule is C#CC(C)NCCN1CCCC1. The molecule has 0 aliphatic carbocycles. The molecular weight excluding hydrogens is 148 g/mol. The van der Waals surface area contributed by atoms with E-state index in [1.807, 2.05) is 6.92 Å². The summed E-state index contributed by atoms with van der Waals surface area (Å²) < 4.78 is 0. The van der Waals surface area contributed by atoms with Gasteiger partial charge >= 0.3 is 0 Å². The van der Waals surface area contributed by atoms with Gasteiger partial charge in [0.15, 0.2) is 0 Å². The molecule has 2 nitrogen and oxygen atoms in total. The third-order valence-corrected chi connectivity index (χ3v) is 2.33. The smallest absolute Gasteiger partial charge is 0.0658 e. The number of rotatable bonds is 4. The van der Waals surface area contributed by atoms with E-state index in [2.05, 4.69) is 16.1 Å². The summed E-state index contributed by atoms with van der Waals surface area (Å²) >= 11 is 0. The minimum absolute atomic E-state index is 0.215. The van der Waals surface area contributed by atoms with Crippen LogP contribution in [-0.4, -0.2) is 37.1 Å². The van der Waals surface area contributed by atoms with Gasteiger partial charge in [0.2, 0.25) is 0 Å². The van der Waals surface area contributed by atoms with E-state index in [0.29, 0.717) is 0 Å². The Bertz CT molecular complexity index is 154. The highest BCUT2D eigenvalue weighted by Gasteiger charge is 2.10. The maximum Gasteiger partial charge on any atom is 0.0658 e. The van der Waals surface area contributed by atoms with Gasteiger partial charge in [-0.1, -0.05) is 5.92 Å². The predicted octanol–water partition coefficient (Wildman–Crippen LogP) is 0.694. The lowest BCUT2D eigenvalue weighted by molar-refractivity contribution is 0.334. The zero-order chi connectivity index (χ0) is 8.81. The van der Waals surface area contributed by atoms with Gasteiger partial charge in [0, 0.05) is 13.1 Å². The zero-order valence-electron chi connectivity index (χ0n) is 7.84. The Morgan fingerprint density at radius 1 is 1.50 bits per heavy atom. The summed E-state index contributed by atoms with van der Waals surface area (Å²) in [5.41, 5.74) is 0. The first-order chi connectivity index (χ1) is 5.83. The van der Waals surface area contributed by atoms with Crippen molar-refractivity contribution in [3.63, 3.8) is 0 Å². The lowest BCUT2D eigenvalue weighted by atomic mass is 10.3. The van der Waals surface area contributed by atoms with Crippen molar-refractivity contribution in [1.82, 2.24) is 10.2 Å². The van der Waals surface area contributed by atoms with E-state index in [4.69, 9.17) is 6.42 Å². The molecule has 0 spiro atoms. The summed E-state index contributed by atoms with van der Waals surface area (Å²) in [6.45, 7) is 6.72. The molecule has 1 aliphatic heterocycles. The van der Waals surface area contributed by atoms with Gasteiger partial charge in [-0.05, 0) is 32.9 Å². The second kappa shape index (κ2) is 5.18. The number of nitrogens with one attached hydrogen (secondary N) is 1. The highest BCUT2D eigenvalue weighted by atomic mass is 15.1. The predicted molar refractivity (Wildman–Crippen MR) is 52.0 cm³/mol. The fourth-order valence-electron chi connectivity index (χ4n) is 1.50. The first-order valence-electron chi connectivity index (χ1n) is 4.75. The van der Waals surface area contributed by atoms with Crippen LogP contribution in [0.25, 0.3) is 0 Å². The van der Waals surface area contributed by atoms with E-state index >= 15 is 0 Å². The van der Waals surface area contributed by atoms with E-state index in [0.717, 1.165) is 13.1 Å². The normalized spacial score (nSPS) is 20.7.